The van der Waals surface area contributed by atoms with Gasteiger partial charge >= 0.3 is 6.03 Å². The summed E-state index contributed by atoms with van der Waals surface area (Å²) in [6.07, 6.45) is 1.66. The highest BCUT2D eigenvalue weighted by atomic mass is 32.1. The van der Waals surface area contributed by atoms with Crippen LogP contribution in [0.4, 0.5) is 4.79 Å². The first kappa shape index (κ1) is 14.5. The van der Waals surface area contributed by atoms with Crippen LogP contribution in [0.2, 0.25) is 0 Å². The highest BCUT2D eigenvalue weighted by Crippen LogP contribution is 2.19. The zero-order chi connectivity index (χ0) is 14.4. The maximum atomic E-state index is 11.8. The molecule has 0 aromatic carbocycles. The number of urea groups is 1. The van der Waals surface area contributed by atoms with Gasteiger partial charge in [0.15, 0.2) is 0 Å². The van der Waals surface area contributed by atoms with E-state index in [1.807, 2.05) is 25.5 Å². The van der Waals surface area contributed by atoms with Crippen LogP contribution in [-0.4, -0.2) is 41.8 Å². The van der Waals surface area contributed by atoms with Gasteiger partial charge in [-0.1, -0.05) is 0 Å². The van der Waals surface area contributed by atoms with Crippen molar-refractivity contribution in [2.45, 2.75) is 12.6 Å². The van der Waals surface area contributed by atoms with Crippen LogP contribution in [0, 0.1) is 0 Å². The van der Waals surface area contributed by atoms with Gasteiger partial charge in [-0.2, -0.15) is 16.4 Å². The number of thiophene rings is 1. The summed E-state index contributed by atoms with van der Waals surface area (Å²) in [5, 5.41) is 16.5. The van der Waals surface area contributed by atoms with E-state index in [4.69, 9.17) is 0 Å². The van der Waals surface area contributed by atoms with E-state index >= 15 is 0 Å². The number of aromatic amines is 1. The summed E-state index contributed by atoms with van der Waals surface area (Å²) < 4.78 is 0. The Morgan fingerprint density at radius 3 is 2.90 bits per heavy atom. The number of carbonyl (C=O) groups excluding carboxylic acids is 1. The number of nitrogens with zero attached hydrogens (tertiary/aromatic N) is 2. The molecular formula is C13H19N5OS. The van der Waals surface area contributed by atoms with Gasteiger partial charge in [-0.15, -0.1) is 0 Å². The van der Waals surface area contributed by atoms with Crippen LogP contribution in [0.5, 0.6) is 0 Å². The van der Waals surface area contributed by atoms with Crippen LogP contribution >= 0.6 is 11.3 Å². The molecule has 2 aromatic heterocycles. The summed E-state index contributed by atoms with van der Waals surface area (Å²) in [6, 6.07) is 3.91. The minimum Gasteiger partial charge on any atom is -0.336 e. The third-order valence-corrected chi connectivity index (χ3v) is 3.71. The second-order valence-electron chi connectivity index (χ2n) is 4.68. The first-order valence-electron chi connectivity index (χ1n) is 6.35. The van der Waals surface area contributed by atoms with Crippen molar-refractivity contribution >= 4 is 17.4 Å². The number of hydrogen-bond donors (Lipinski definition) is 3. The Balaban J connectivity index is 1.79. The first-order chi connectivity index (χ1) is 9.66. The molecule has 0 radical (unpaired) electrons. The van der Waals surface area contributed by atoms with Crippen molar-refractivity contribution in [1.29, 1.82) is 0 Å². The highest BCUT2D eigenvalue weighted by Gasteiger charge is 2.15. The minimum absolute atomic E-state index is 0.179. The third kappa shape index (κ3) is 4.07. The molecule has 2 amide bonds. The van der Waals surface area contributed by atoms with Crippen LogP contribution in [0.15, 0.2) is 29.1 Å². The van der Waals surface area contributed by atoms with Gasteiger partial charge in [0.25, 0.3) is 0 Å². The van der Waals surface area contributed by atoms with Gasteiger partial charge in [0.2, 0.25) is 0 Å². The Labute approximate surface area is 122 Å². The lowest BCUT2D eigenvalue weighted by Gasteiger charge is -2.24. The SMILES string of the molecule is CN(C)C(CNC(=O)NCc1ccn[nH]1)c1ccsc1. The van der Waals surface area contributed by atoms with E-state index in [2.05, 4.69) is 37.2 Å². The number of nitrogens with one attached hydrogen (secondary N) is 3. The Morgan fingerprint density at radius 1 is 1.45 bits per heavy atom. The number of aromatic nitrogens is 2. The summed E-state index contributed by atoms with van der Waals surface area (Å²) in [5.74, 6) is 0. The normalized spacial score (nSPS) is 12.3. The van der Waals surface area contributed by atoms with E-state index < -0.39 is 0 Å². The van der Waals surface area contributed by atoms with E-state index in [9.17, 15) is 4.79 Å². The average molecular weight is 293 g/mol. The van der Waals surface area contributed by atoms with Gasteiger partial charge in [-0.3, -0.25) is 5.10 Å². The molecule has 20 heavy (non-hydrogen) atoms. The van der Waals surface area contributed by atoms with Crippen molar-refractivity contribution < 1.29 is 4.79 Å². The predicted molar refractivity (Wildman–Crippen MR) is 79.6 cm³/mol. The van der Waals surface area contributed by atoms with Crippen LogP contribution in [0.1, 0.15) is 17.3 Å². The molecule has 2 aromatic rings. The monoisotopic (exact) mass is 293 g/mol. The standard InChI is InChI=1S/C13H19N5OS/c1-18(2)12(10-4-6-20-9-10)8-15-13(19)14-7-11-3-5-16-17-11/h3-6,9,12H,7-8H2,1-2H3,(H,16,17)(H2,14,15,19). The molecule has 108 valence electrons. The van der Waals surface area contributed by atoms with Crippen molar-refractivity contribution in [2.24, 2.45) is 0 Å². The fraction of sp³-hybridized carbons (Fsp3) is 0.385. The Hall–Kier alpha value is -1.86. The summed E-state index contributed by atoms with van der Waals surface area (Å²) in [6.45, 7) is 1.01. The average Bonchev–Trinajstić information content (AvgIpc) is 3.09. The highest BCUT2D eigenvalue weighted by molar-refractivity contribution is 7.07. The molecule has 0 aliphatic rings. The molecule has 0 aliphatic carbocycles. The fourth-order valence-electron chi connectivity index (χ4n) is 1.87. The molecule has 3 N–H and O–H groups in total. The summed E-state index contributed by atoms with van der Waals surface area (Å²) in [4.78, 5) is 13.9. The molecule has 0 spiro atoms. The van der Waals surface area contributed by atoms with Crippen molar-refractivity contribution in [1.82, 2.24) is 25.7 Å². The quantitative estimate of drug-likeness (QED) is 0.757. The van der Waals surface area contributed by atoms with Gasteiger partial charge in [0.05, 0.1) is 18.3 Å². The molecule has 0 aliphatic heterocycles. The predicted octanol–water partition coefficient (Wildman–Crippen LogP) is 1.57. The topological polar surface area (TPSA) is 73.1 Å². The second-order valence-corrected chi connectivity index (χ2v) is 5.46. The van der Waals surface area contributed by atoms with E-state index in [0.29, 0.717) is 13.1 Å². The smallest absolute Gasteiger partial charge is 0.315 e. The number of hydrogen-bond acceptors (Lipinski definition) is 4. The molecular weight excluding hydrogens is 274 g/mol. The second kappa shape index (κ2) is 7.06. The molecule has 0 saturated carbocycles. The van der Waals surface area contributed by atoms with Crippen LogP contribution in [0.25, 0.3) is 0 Å². The molecule has 6 nitrogen and oxygen atoms in total. The van der Waals surface area contributed by atoms with E-state index in [1.165, 1.54) is 5.56 Å². The molecule has 0 bridgehead atoms. The third-order valence-electron chi connectivity index (χ3n) is 3.01. The molecule has 1 unspecified atom stereocenters. The molecule has 2 heterocycles. The summed E-state index contributed by atoms with van der Waals surface area (Å²) >= 11 is 1.66. The van der Waals surface area contributed by atoms with Crippen molar-refractivity contribution in [3.63, 3.8) is 0 Å². The van der Waals surface area contributed by atoms with Crippen LogP contribution < -0.4 is 10.6 Å². The van der Waals surface area contributed by atoms with Gasteiger partial charge in [0.1, 0.15) is 0 Å². The lowest BCUT2D eigenvalue weighted by Crippen LogP contribution is -2.40. The molecule has 7 heteroatoms. The van der Waals surface area contributed by atoms with Crippen molar-refractivity contribution in [2.75, 3.05) is 20.6 Å². The minimum atomic E-state index is -0.179. The number of amides is 2. The zero-order valence-electron chi connectivity index (χ0n) is 11.6. The molecule has 0 saturated heterocycles. The number of rotatable bonds is 6. The first-order valence-corrected chi connectivity index (χ1v) is 7.29. The Kier molecular flexibility index (Phi) is 5.14. The lowest BCUT2D eigenvalue weighted by atomic mass is 10.1. The zero-order valence-corrected chi connectivity index (χ0v) is 12.4. The number of likely N-dealkylation sites (N-methyl/N-ethyl adjacent to an activating group) is 1. The van der Waals surface area contributed by atoms with Gasteiger partial charge < -0.3 is 15.5 Å². The van der Waals surface area contributed by atoms with E-state index in [0.717, 1.165) is 5.69 Å². The van der Waals surface area contributed by atoms with Gasteiger partial charge in [-0.25, -0.2) is 4.79 Å². The van der Waals surface area contributed by atoms with E-state index in [-0.39, 0.29) is 12.1 Å². The van der Waals surface area contributed by atoms with Crippen molar-refractivity contribution in [3.05, 3.63) is 40.3 Å². The van der Waals surface area contributed by atoms with Crippen molar-refractivity contribution in [3.8, 4) is 0 Å². The largest absolute Gasteiger partial charge is 0.336 e. The Bertz CT molecular complexity index is 509. The maximum Gasteiger partial charge on any atom is 0.315 e. The number of carbonyl (C=O) groups is 1. The molecule has 1 atom stereocenters. The number of H-pyrrole nitrogens is 1. The fourth-order valence-corrected chi connectivity index (χ4v) is 2.58. The van der Waals surface area contributed by atoms with Gasteiger partial charge in [-0.05, 0) is 42.6 Å². The van der Waals surface area contributed by atoms with Crippen LogP contribution in [-0.2, 0) is 6.54 Å². The molecule has 0 fully saturated rings. The molecule has 2 rings (SSSR count). The Morgan fingerprint density at radius 2 is 2.30 bits per heavy atom. The lowest BCUT2D eigenvalue weighted by molar-refractivity contribution is 0.232. The summed E-state index contributed by atoms with van der Waals surface area (Å²) in [7, 11) is 4.01. The van der Waals surface area contributed by atoms with Gasteiger partial charge in [0, 0.05) is 12.7 Å². The maximum absolute atomic E-state index is 11.8. The summed E-state index contributed by atoms with van der Waals surface area (Å²) in [5.41, 5.74) is 2.09. The van der Waals surface area contributed by atoms with E-state index in [1.54, 1.807) is 17.5 Å². The van der Waals surface area contributed by atoms with Crippen LogP contribution in [0.3, 0.4) is 0 Å².